The number of carbonyl (C=O) groups excluding carboxylic acids is 1. The summed E-state index contributed by atoms with van der Waals surface area (Å²) in [4.78, 5) is 11.5. The molecule has 0 atom stereocenters. The molecular weight excluding hydrogens is 216 g/mol. The summed E-state index contributed by atoms with van der Waals surface area (Å²) in [6, 6.07) is 5.54. The van der Waals surface area contributed by atoms with Crippen LogP contribution in [0.3, 0.4) is 0 Å². The van der Waals surface area contributed by atoms with Crippen molar-refractivity contribution in [1.29, 1.82) is 0 Å². The van der Waals surface area contributed by atoms with Gasteiger partial charge in [0.05, 0.1) is 14.2 Å². The van der Waals surface area contributed by atoms with E-state index in [1.54, 1.807) is 32.4 Å². The first kappa shape index (κ1) is 11.7. The highest BCUT2D eigenvalue weighted by molar-refractivity contribution is 5.97. The molecule has 90 valence electrons. The first-order valence-corrected chi connectivity index (χ1v) is 5.68. The van der Waals surface area contributed by atoms with Crippen LogP contribution in [0.5, 0.6) is 11.5 Å². The second kappa shape index (κ2) is 5.04. The van der Waals surface area contributed by atoms with Crippen molar-refractivity contribution in [3.05, 3.63) is 29.8 Å². The van der Waals surface area contributed by atoms with Crippen LogP contribution in [0.4, 0.5) is 0 Å². The lowest BCUT2D eigenvalue weighted by Crippen LogP contribution is -1.94. The minimum atomic E-state index is 0.211. The molecular formula is C14H16O3. The highest BCUT2D eigenvalue weighted by Crippen LogP contribution is 2.31. The van der Waals surface area contributed by atoms with Gasteiger partial charge in [-0.3, -0.25) is 4.79 Å². The zero-order valence-corrected chi connectivity index (χ0v) is 10.1. The summed E-state index contributed by atoms with van der Waals surface area (Å²) >= 11 is 0. The molecule has 0 heterocycles. The van der Waals surface area contributed by atoms with Crippen LogP contribution >= 0.6 is 0 Å². The number of benzene rings is 1. The van der Waals surface area contributed by atoms with Gasteiger partial charge in [-0.1, -0.05) is 0 Å². The van der Waals surface area contributed by atoms with Gasteiger partial charge in [-0.15, -0.1) is 0 Å². The molecule has 0 unspecified atom stereocenters. The third kappa shape index (κ3) is 2.87. The van der Waals surface area contributed by atoms with Crippen LogP contribution in [-0.4, -0.2) is 20.0 Å². The molecule has 0 spiro atoms. The molecule has 1 aliphatic carbocycles. The Kier molecular flexibility index (Phi) is 3.47. The Bertz CT molecular complexity index is 445. The molecule has 1 aliphatic rings. The van der Waals surface area contributed by atoms with E-state index >= 15 is 0 Å². The van der Waals surface area contributed by atoms with Gasteiger partial charge >= 0.3 is 0 Å². The van der Waals surface area contributed by atoms with E-state index in [0.717, 1.165) is 24.2 Å². The number of hydrogen-bond acceptors (Lipinski definition) is 3. The van der Waals surface area contributed by atoms with Crippen LogP contribution in [0.15, 0.2) is 24.3 Å². The van der Waals surface area contributed by atoms with E-state index in [9.17, 15) is 4.79 Å². The van der Waals surface area contributed by atoms with Gasteiger partial charge in [0.15, 0.2) is 5.78 Å². The Morgan fingerprint density at radius 3 is 2.65 bits per heavy atom. The number of ether oxygens (including phenoxy) is 2. The van der Waals surface area contributed by atoms with Crippen molar-refractivity contribution in [2.45, 2.75) is 12.8 Å². The van der Waals surface area contributed by atoms with E-state index in [4.69, 9.17) is 9.47 Å². The summed E-state index contributed by atoms with van der Waals surface area (Å²) in [7, 11) is 3.22. The molecule has 2 rings (SSSR count). The zero-order valence-electron chi connectivity index (χ0n) is 10.1. The van der Waals surface area contributed by atoms with Crippen LogP contribution < -0.4 is 9.47 Å². The number of rotatable bonds is 5. The van der Waals surface area contributed by atoms with E-state index in [0.29, 0.717) is 5.75 Å². The lowest BCUT2D eigenvalue weighted by atomic mass is 10.1. The van der Waals surface area contributed by atoms with Gasteiger partial charge in [0, 0.05) is 17.5 Å². The van der Waals surface area contributed by atoms with Crippen molar-refractivity contribution in [3.63, 3.8) is 0 Å². The number of ketones is 1. The molecule has 17 heavy (non-hydrogen) atoms. The predicted octanol–water partition coefficient (Wildman–Crippen LogP) is 2.70. The Labute approximate surface area is 101 Å². The van der Waals surface area contributed by atoms with E-state index in [2.05, 4.69) is 0 Å². The molecule has 1 saturated carbocycles. The van der Waals surface area contributed by atoms with E-state index in [-0.39, 0.29) is 11.7 Å². The van der Waals surface area contributed by atoms with Crippen LogP contribution in [0.1, 0.15) is 18.4 Å². The fourth-order valence-electron chi connectivity index (χ4n) is 1.63. The summed E-state index contributed by atoms with van der Waals surface area (Å²) in [6.45, 7) is 0. The van der Waals surface area contributed by atoms with Gasteiger partial charge in [-0.2, -0.15) is 0 Å². The fourth-order valence-corrected chi connectivity index (χ4v) is 1.63. The highest BCUT2D eigenvalue weighted by Gasteiger charge is 2.27. The molecule has 0 aliphatic heterocycles. The number of carbonyl (C=O) groups is 1. The van der Waals surface area contributed by atoms with E-state index < -0.39 is 0 Å². The minimum Gasteiger partial charge on any atom is -0.497 e. The number of methoxy groups -OCH3 is 2. The van der Waals surface area contributed by atoms with Crippen LogP contribution in [0, 0.1) is 5.92 Å². The Balaban J connectivity index is 2.16. The van der Waals surface area contributed by atoms with Gasteiger partial charge in [-0.05, 0) is 37.1 Å². The largest absolute Gasteiger partial charge is 0.497 e. The van der Waals surface area contributed by atoms with Crippen molar-refractivity contribution in [2.24, 2.45) is 5.92 Å². The van der Waals surface area contributed by atoms with Gasteiger partial charge in [0.25, 0.3) is 0 Å². The maximum Gasteiger partial charge on any atom is 0.158 e. The lowest BCUT2D eigenvalue weighted by Gasteiger charge is -2.07. The van der Waals surface area contributed by atoms with E-state index in [1.165, 1.54) is 0 Å². The van der Waals surface area contributed by atoms with Crippen LogP contribution in [0.2, 0.25) is 0 Å². The van der Waals surface area contributed by atoms with Gasteiger partial charge in [0.1, 0.15) is 11.5 Å². The smallest absolute Gasteiger partial charge is 0.158 e. The normalized spacial score (nSPS) is 14.9. The monoisotopic (exact) mass is 232 g/mol. The quantitative estimate of drug-likeness (QED) is 0.732. The molecule has 0 bridgehead atoms. The van der Waals surface area contributed by atoms with Crippen LogP contribution in [0.25, 0.3) is 6.08 Å². The Morgan fingerprint density at radius 2 is 2.06 bits per heavy atom. The molecule has 1 aromatic carbocycles. The van der Waals surface area contributed by atoms with Crippen LogP contribution in [-0.2, 0) is 4.79 Å². The SMILES string of the molecule is COc1ccc(/C=C/C(=O)C2CC2)c(OC)c1. The summed E-state index contributed by atoms with van der Waals surface area (Å²) in [6.07, 6.45) is 5.51. The third-order valence-corrected chi connectivity index (χ3v) is 2.85. The Morgan fingerprint density at radius 1 is 1.29 bits per heavy atom. The maximum atomic E-state index is 11.5. The third-order valence-electron chi connectivity index (χ3n) is 2.85. The molecule has 0 N–H and O–H groups in total. The molecule has 1 aromatic rings. The topological polar surface area (TPSA) is 35.5 Å². The minimum absolute atomic E-state index is 0.211. The molecule has 1 fully saturated rings. The van der Waals surface area contributed by atoms with Crippen molar-refractivity contribution >= 4 is 11.9 Å². The summed E-state index contributed by atoms with van der Waals surface area (Å²) in [5.41, 5.74) is 0.891. The predicted molar refractivity (Wildman–Crippen MR) is 66.3 cm³/mol. The number of hydrogen-bond donors (Lipinski definition) is 0. The molecule has 0 amide bonds. The molecule has 0 saturated heterocycles. The molecule has 0 aromatic heterocycles. The summed E-state index contributed by atoms with van der Waals surface area (Å²) < 4.78 is 10.4. The zero-order chi connectivity index (χ0) is 12.3. The summed E-state index contributed by atoms with van der Waals surface area (Å²) in [5.74, 6) is 1.93. The molecule has 3 nitrogen and oxygen atoms in total. The van der Waals surface area contributed by atoms with Crippen molar-refractivity contribution < 1.29 is 14.3 Å². The summed E-state index contributed by atoms with van der Waals surface area (Å²) in [5, 5.41) is 0. The second-order valence-corrected chi connectivity index (χ2v) is 4.12. The first-order chi connectivity index (χ1) is 8.24. The van der Waals surface area contributed by atoms with Gasteiger partial charge in [0.2, 0.25) is 0 Å². The average molecular weight is 232 g/mol. The first-order valence-electron chi connectivity index (χ1n) is 5.68. The average Bonchev–Trinajstić information content (AvgIpc) is 3.19. The van der Waals surface area contributed by atoms with Gasteiger partial charge in [-0.25, -0.2) is 0 Å². The molecule has 3 heteroatoms. The fraction of sp³-hybridized carbons (Fsp3) is 0.357. The number of allylic oxidation sites excluding steroid dienone is 1. The van der Waals surface area contributed by atoms with E-state index in [1.807, 2.05) is 12.1 Å². The standard InChI is InChI=1S/C14H16O3/c1-16-12-7-5-11(14(9-12)17-2)6-8-13(15)10-3-4-10/h5-10H,3-4H2,1-2H3/b8-6+. The molecule has 0 radical (unpaired) electrons. The lowest BCUT2D eigenvalue weighted by molar-refractivity contribution is -0.115. The van der Waals surface area contributed by atoms with Crippen molar-refractivity contribution in [2.75, 3.05) is 14.2 Å². The van der Waals surface area contributed by atoms with Gasteiger partial charge < -0.3 is 9.47 Å². The Hall–Kier alpha value is -1.77. The maximum absolute atomic E-state index is 11.5. The van der Waals surface area contributed by atoms with Crippen molar-refractivity contribution in [1.82, 2.24) is 0 Å². The highest BCUT2D eigenvalue weighted by atomic mass is 16.5. The van der Waals surface area contributed by atoms with Crippen molar-refractivity contribution in [3.8, 4) is 11.5 Å². The second-order valence-electron chi connectivity index (χ2n) is 4.12.